The first-order valence-corrected chi connectivity index (χ1v) is 6.45. The van der Waals surface area contributed by atoms with Gasteiger partial charge in [0.15, 0.2) is 0 Å². The van der Waals surface area contributed by atoms with E-state index in [0.717, 1.165) is 5.69 Å². The molecule has 17 heavy (non-hydrogen) atoms. The zero-order valence-corrected chi connectivity index (χ0v) is 9.76. The van der Waals surface area contributed by atoms with Crippen molar-refractivity contribution in [2.45, 2.75) is 24.8 Å². The Balaban J connectivity index is 1.92. The minimum atomic E-state index is -0.126. The molecule has 0 bridgehead atoms. The first-order valence-electron chi connectivity index (χ1n) is 6.45. The van der Waals surface area contributed by atoms with Gasteiger partial charge in [0.1, 0.15) is 0 Å². The third kappa shape index (κ3) is 1.11. The van der Waals surface area contributed by atoms with Gasteiger partial charge in [-0.1, -0.05) is 30.7 Å². The number of nitrogens with zero attached hydrogens (tertiary/aromatic N) is 1. The Hall–Kier alpha value is -1.41. The van der Waals surface area contributed by atoms with Crippen molar-refractivity contribution < 1.29 is 0 Å². The first-order chi connectivity index (χ1) is 8.32. The molecular formula is C15H16N2. The molecule has 2 unspecified atom stereocenters. The van der Waals surface area contributed by atoms with E-state index in [0.29, 0.717) is 11.8 Å². The van der Waals surface area contributed by atoms with Crippen LogP contribution in [0.1, 0.15) is 25.0 Å². The molecule has 86 valence electrons. The number of hydrogen-bond donors (Lipinski definition) is 1. The van der Waals surface area contributed by atoms with Gasteiger partial charge in [0, 0.05) is 11.6 Å². The number of nitrogens with two attached hydrogens (primary N) is 1. The predicted octanol–water partition coefficient (Wildman–Crippen LogP) is 2.82. The molecule has 0 saturated heterocycles. The zero-order valence-electron chi connectivity index (χ0n) is 9.76. The fraction of sp³-hybridized carbons (Fsp3) is 0.400. The SMILES string of the molecule is NC1(c2nccc3ccccc23)C2CCCC21. The maximum Gasteiger partial charge on any atom is 0.0686 e. The molecular weight excluding hydrogens is 208 g/mol. The molecule has 2 atom stereocenters. The van der Waals surface area contributed by atoms with E-state index in [-0.39, 0.29) is 5.54 Å². The van der Waals surface area contributed by atoms with Gasteiger partial charge in [-0.3, -0.25) is 4.98 Å². The van der Waals surface area contributed by atoms with Crippen LogP contribution < -0.4 is 5.73 Å². The molecule has 1 aromatic heterocycles. The van der Waals surface area contributed by atoms with Crippen molar-refractivity contribution in [2.24, 2.45) is 17.6 Å². The van der Waals surface area contributed by atoms with Crippen LogP contribution in [0.15, 0.2) is 36.5 Å². The average molecular weight is 224 g/mol. The Morgan fingerprint density at radius 2 is 1.88 bits per heavy atom. The summed E-state index contributed by atoms with van der Waals surface area (Å²) < 4.78 is 0. The number of hydrogen-bond acceptors (Lipinski definition) is 2. The van der Waals surface area contributed by atoms with E-state index < -0.39 is 0 Å². The van der Waals surface area contributed by atoms with Crippen molar-refractivity contribution in [1.82, 2.24) is 4.98 Å². The smallest absolute Gasteiger partial charge is 0.0686 e. The van der Waals surface area contributed by atoms with E-state index in [1.54, 1.807) is 0 Å². The lowest BCUT2D eigenvalue weighted by Gasteiger charge is -2.16. The van der Waals surface area contributed by atoms with Crippen LogP contribution in [-0.2, 0) is 5.54 Å². The molecule has 2 heteroatoms. The summed E-state index contributed by atoms with van der Waals surface area (Å²) in [6.45, 7) is 0. The molecule has 2 aliphatic carbocycles. The van der Waals surface area contributed by atoms with Crippen LogP contribution in [0.25, 0.3) is 10.8 Å². The van der Waals surface area contributed by atoms with Gasteiger partial charge in [-0.15, -0.1) is 0 Å². The molecule has 0 spiro atoms. The molecule has 2 saturated carbocycles. The van der Waals surface area contributed by atoms with Crippen molar-refractivity contribution in [1.29, 1.82) is 0 Å². The number of benzene rings is 1. The summed E-state index contributed by atoms with van der Waals surface area (Å²) in [5.41, 5.74) is 7.63. The van der Waals surface area contributed by atoms with Gasteiger partial charge in [-0.25, -0.2) is 0 Å². The Morgan fingerprint density at radius 1 is 1.12 bits per heavy atom. The topological polar surface area (TPSA) is 38.9 Å². The van der Waals surface area contributed by atoms with E-state index in [1.807, 2.05) is 6.20 Å². The largest absolute Gasteiger partial charge is 0.320 e. The van der Waals surface area contributed by atoms with Crippen molar-refractivity contribution in [2.75, 3.05) is 0 Å². The van der Waals surface area contributed by atoms with E-state index in [9.17, 15) is 0 Å². The fourth-order valence-electron chi connectivity index (χ4n) is 3.82. The molecule has 0 radical (unpaired) electrons. The maximum absolute atomic E-state index is 6.62. The van der Waals surface area contributed by atoms with Crippen LogP contribution >= 0.6 is 0 Å². The summed E-state index contributed by atoms with van der Waals surface area (Å²) in [7, 11) is 0. The second kappa shape index (κ2) is 3.08. The first kappa shape index (κ1) is 9.60. The second-order valence-corrected chi connectivity index (χ2v) is 5.46. The van der Waals surface area contributed by atoms with Crippen molar-refractivity contribution in [3.05, 3.63) is 42.2 Å². The van der Waals surface area contributed by atoms with Crippen LogP contribution in [0, 0.1) is 11.8 Å². The summed E-state index contributed by atoms with van der Waals surface area (Å²) in [5.74, 6) is 1.36. The summed E-state index contributed by atoms with van der Waals surface area (Å²) in [4.78, 5) is 4.60. The molecule has 1 heterocycles. The lowest BCUT2D eigenvalue weighted by molar-refractivity contribution is 0.518. The zero-order chi connectivity index (χ0) is 11.5. The fourth-order valence-corrected chi connectivity index (χ4v) is 3.82. The third-order valence-corrected chi connectivity index (χ3v) is 4.72. The summed E-state index contributed by atoms with van der Waals surface area (Å²) >= 11 is 0. The lowest BCUT2D eigenvalue weighted by Crippen LogP contribution is -2.27. The highest BCUT2D eigenvalue weighted by molar-refractivity contribution is 5.85. The molecule has 0 aliphatic heterocycles. The van der Waals surface area contributed by atoms with E-state index in [4.69, 9.17) is 5.73 Å². The Morgan fingerprint density at radius 3 is 2.71 bits per heavy atom. The minimum Gasteiger partial charge on any atom is -0.320 e. The average Bonchev–Trinajstić information content (AvgIpc) is 2.79. The van der Waals surface area contributed by atoms with Gasteiger partial charge < -0.3 is 5.73 Å². The highest BCUT2D eigenvalue weighted by atomic mass is 15.0. The maximum atomic E-state index is 6.62. The molecule has 2 nitrogen and oxygen atoms in total. The van der Waals surface area contributed by atoms with E-state index in [1.165, 1.54) is 30.0 Å². The van der Waals surface area contributed by atoms with Crippen LogP contribution in [0.5, 0.6) is 0 Å². The lowest BCUT2D eigenvalue weighted by atomic mass is 9.97. The summed E-state index contributed by atoms with van der Waals surface area (Å²) in [6, 6.07) is 10.5. The molecule has 0 amide bonds. The molecule has 2 aliphatic rings. The van der Waals surface area contributed by atoms with Gasteiger partial charge >= 0.3 is 0 Å². The van der Waals surface area contributed by atoms with Gasteiger partial charge in [0.05, 0.1) is 11.2 Å². The molecule has 2 aromatic rings. The second-order valence-electron chi connectivity index (χ2n) is 5.46. The van der Waals surface area contributed by atoms with Crippen molar-refractivity contribution in [3.63, 3.8) is 0 Å². The van der Waals surface area contributed by atoms with Crippen LogP contribution in [0.3, 0.4) is 0 Å². The Kier molecular flexibility index (Phi) is 1.74. The number of rotatable bonds is 1. The number of pyridine rings is 1. The Labute approximate surface area is 101 Å². The normalized spacial score (nSPS) is 34.9. The Bertz CT molecular complexity index is 575. The number of fused-ring (bicyclic) bond motifs is 2. The van der Waals surface area contributed by atoms with E-state index >= 15 is 0 Å². The minimum absolute atomic E-state index is 0.126. The van der Waals surface area contributed by atoms with Crippen LogP contribution in [-0.4, -0.2) is 4.98 Å². The quantitative estimate of drug-likeness (QED) is 0.809. The van der Waals surface area contributed by atoms with Gasteiger partial charge in [-0.05, 0) is 36.1 Å². The number of aromatic nitrogens is 1. The van der Waals surface area contributed by atoms with Gasteiger partial charge in [0.25, 0.3) is 0 Å². The molecule has 2 fully saturated rings. The molecule has 2 N–H and O–H groups in total. The third-order valence-electron chi connectivity index (χ3n) is 4.72. The van der Waals surface area contributed by atoms with Gasteiger partial charge in [0.2, 0.25) is 0 Å². The van der Waals surface area contributed by atoms with Crippen LogP contribution in [0.2, 0.25) is 0 Å². The van der Waals surface area contributed by atoms with Crippen LogP contribution in [0.4, 0.5) is 0 Å². The molecule has 1 aromatic carbocycles. The predicted molar refractivity (Wildman–Crippen MR) is 68.4 cm³/mol. The molecule has 4 rings (SSSR count). The van der Waals surface area contributed by atoms with Crippen molar-refractivity contribution in [3.8, 4) is 0 Å². The monoisotopic (exact) mass is 224 g/mol. The summed E-state index contributed by atoms with van der Waals surface area (Å²) in [5, 5.41) is 2.50. The van der Waals surface area contributed by atoms with Crippen molar-refractivity contribution >= 4 is 10.8 Å². The standard InChI is InChI=1S/C15H16N2/c16-15(12-6-3-7-13(12)15)14-11-5-2-1-4-10(11)8-9-17-14/h1-2,4-5,8-9,12-13H,3,6-7,16H2. The summed E-state index contributed by atoms with van der Waals surface area (Å²) in [6.07, 6.45) is 5.82. The van der Waals surface area contributed by atoms with E-state index in [2.05, 4.69) is 35.3 Å². The highest BCUT2D eigenvalue weighted by Gasteiger charge is 2.65. The van der Waals surface area contributed by atoms with Gasteiger partial charge in [-0.2, -0.15) is 0 Å². The highest BCUT2D eigenvalue weighted by Crippen LogP contribution is 2.64.